The summed E-state index contributed by atoms with van der Waals surface area (Å²) in [5, 5.41) is 40.6. The van der Waals surface area contributed by atoms with Crippen molar-refractivity contribution in [3.63, 3.8) is 0 Å². The molecule has 0 rings (SSSR count). The molecule has 0 unspecified atom stereocenters. The van der Waals surface area contributed by atoms with E-state index in [0.717, 1.165) is 57.8 Å². The van der Waals surface area contributed by atoms with Crippen LogP contribution < -0.4 is 26.6 Å². The average Bonchev–Trinajstić information content (AvgIpc) is 3.17. The van der Waals surface area contributed by atoms with Gasteiger partial charge in [0.1, 0.15) is 12.1 Å². The molecule has 0 aromatic rings. The van der Waals surface area contributed by atoms with E-state index in [1.54, 1.807) is 0 Å². The summed E-state index contributed by atoms with van der Waals surface area (Å²) in [4.78, 5) is 94.6. The van der Waals surface area contributed by atoms with Gasteiger partial charge in [0.05, 0.1) is 0 Å². The third-order valence-electron chi connectivity index (χ3n) is 9.79. The number of hydrogen-bond acceptors (Lipinski definition) is 8. The molecular formula is C42H75N5O11. The fourth-order valence-electron chi connectivity index (χ4n) is 6.26. The van der Waals surface area contributed by atoms with E-state index in [9.17, 15) is 48.6 Å². The summed E-state index contributed by atoms with van der Waals surface area (Å²) < 4.78 is 0. The number of unbranched alkanes of at least 4 members (excludes halogenated alkanes) is 16. The minimum Gasteiger partial charge on any atom is -0.481 e. The van der Waals surface area contributed by atoms with Gasteiger partial charge in [-0.05, 0) is 44.9 Å². The van der Waals surface area contributed by atoms with Crippen LogP contribution in [-0.2, 0) is 38.4 Å². The summed E-state index contributed by atoms with van der Waals surface area (Å²) >= 11 is 0. The first-order chi connectivity index (χ1) is 27.8. The molecule has 0 saturated heterocycles. The van der Waals surface area contributed by atoms with Crippen molar-refractivity contribution in [1.82, 2.24) is 26.6 Å². The molecule has 0 fully saturated rings. The van der Waals surface area contributed by atoms with Crippen molar-refractivity contribution in [2.45, 2.75) is 199 Å². The highest BCUT2D eigenvalue weighted by molar-refractivity contribution is 5.85. The van der Waals surface area contributed by atoms with E-state index in [2.05, 4.69) is 26.6 Å². The Morgan fingerprint density at radius 3 is 1.00 bits per heavy atom. The van der Waals surface area contributed by atoms with Crippen LogP contribution in [0.15, 0.2) is 0 Å². The summed E-state index contributed by atoms with van der Waals surface area (Å²) in [6, 6.07) is -2.47. The minimum absolute atomic E-state index is 0.0764. The molecule has 0 aliphatic rings. The van der Waals surface area contributed by atoms with Crippen molar-refractivity contribution in [2.75, 3.05) is 19.6 Å². The summed E-state index contributed by atoms with van der Waals surface area (Å²) in [5.41, 5.74) is 0. The van der Waals surface area contributed by atoms with Crippen molar-refractivity contribution >= 4 is 47.4 Å². The molecular weight excluding hydrogens is 750 g/mol. The molecule has 58 heavy (non-hydrogen) atoms. The van der Waals surface area contributed by atoms with Gasteiger partial charge in [0.25, 0.3) is 0 Å². The zero-order chi connectivity index (χ0) is 43.2. The van der Waals surface area contributed by atoms with Crippen LogP contribution in [0.4, 0.5) is 0 Å². The third-order valence-corrected chi connectivity index (χ3v) is 9.79. The number of carbonyl (C=O) groups is 8. The van der Waals surface area contributed by atoms with Crippen molar-refractivity contribution in [1.29, 1.82) is 0 Å². The van der Waals surface area contributed by atoms with Gasteiger partial charge in [-0.1, -0.05) is 103 Å². The van der Waals surface area contributed by atoms with Crippen molar-refractivity contribution in [3.8, 4) is 0 Å². The van der Waals surface area contributed by atoms with Crippen LogP contribution in [0.1, 0.15) is 187 Å². The second-order valence-corrected chi connectivity index (χ2v) is 15.2. The van der Waals surface area contributed by atoms with Crippen LogP contribution in [0.5, 0.6) is 0 Å². The molecule has 16 nitrogen and oxygen atoms in total. The smallest absolute Gasteiger partial charge is 0.326 e. The van der Waals surface area contributed by atoms with Crippen LogP contribution in [0.25, 0.3) is 0 Å². The molecule has 0 saturated carbocycles. The van der Waals surface area contributed by atoms with E-state index < -0.39 is 41.8 Å². The number of carboxylic acids is 3. The van der Waals surface area contributed by atoms with Gasteiger partial charge in [-0.15, -0.1) is 0 Å². The monoisotopic (exact) mass is 826 g/mol. The third kappa shape index (κ3) is 35.0. The largest absolute Gasteiger partial charge is 0.481 e. The summed E-state index contributed by atoms with van der Waals surface area (Å²) in [7, 11) is 0. The Bertz CT molecular complexity index is 1200. The van der Waals surface area contributed by atoms with Gasteiger partial charge >= 0.3 is 17.9 Å². The van der Waals surface area contributed by atoms with Gasteiger partial charge in [0, 0.05) is 58.2 Å². The molecule has 0 aliphatic heterocycles. The molecule has 0 aromatic carbocycles. The number of hydrogen-bond donors (Lipinski definition) is 8. The number of rotatable bonds is 40. The Morgan fingerprint density at radius 2 is 0.655 bits per heavy atom. The number of aliphatic carboxylic acids is 3. The number of amides is 5. The first-order valence-corrected chi connectivity index (χ1v) is 21.9. The van der Waals surface area contributed by atoms with Gasteiger partial charge in [0.2, 0.25) is 29.5 Å². The Morgan fingerprint density at radius 1 is 0.362 bits per heavy atom. The van der Waals surface area contributed by atoms with Crippen LogP contribution >= 0.6 is 0 Å². The first kappa shape index (κ1) is 53.8. The van der Waals surface area contributed by atoms with E-state index in [4.69, 9.17) is 5.11 Å². The number of carboxylic acid groups (broad SMARTS) is 3. The molecule has 2 atom stereocenters. The highest BCUT2D eigenvalue weighted by Gasteiger charge is 2.22. The molecule has 0 aromatic heterocycles. The molecule has 0 heterocycles. The van der Waals surface area contributed by atoms with E-state index in [0.29, 0.717) is 19.4 Å². The molecule has 0 radical (unpaired) electrons. The lowest BCUT2D eigenvalue weighted by molar-refractivity contribution is -0.142. The Labute approximate surface area is 345 Å². The number of nitrogens with one attached hydrogen (secondary N) is 5. The normalized spacial score (nSPS) is 11.9. The summed E-state index contributed by atoms with van der Waals surface area (Å²) in [6.45, 7) is 3.02. The van der Waals surface area contributed by atoms with E-state index in [1.807, 2.05) is 6.92 Å². The minimum atomic E-state index is -1.28. The second kappa shape index (κ2) is 37.1. The van der Waals surface area contributed by atoms with E-state index in [1.165, 1.54) is 51.4 Å². The van der Waals surface area contributed by atoms with Crippen molar-refractivity contribution in [2.24, 2.45) is 0 Å². The molecule has 0 bridgehead atoms. The van der Waals surface area contributed by atoms with Gasteiger partial charge in [-0.3, -0.25) is 28.8 Å². The van der Waals surface area contributed by atoms with E-state index >= 15 is 0 Å². The summed E-state index contributed by atoms with van der Waals surface area (Å²) in [5.74, 6) is -5.06. The van der Waals surface area contributed by atoms with Crippen LogP contribution in [0.2, 0.25) is 0 Å². The molecule has 0 aliphatic carbocycles. The van der Waals surface area contributed by atoms with E-state index in [-0.39, 0.29) is 88.6 Å². The Hall–Kier alpha value is -4.24. The summed E-state index contributed by atoms with van der Waals surface area (Å²) in [6.07, 6.45) is 20.3. The molecule has 334 valence electrons. The van der Waals surface area contributed by atoms with Crippen LogP contribution in [0, 0.1) is 0 Å². The number of carbonyl (C=O) groups excluding carboxylic acids is 5. The van der Waals surface area contributed by atoms with Gasteiger partial charge in [-0.25, -0.2) is 9.59 Å². The van der Waals surface area contributed by atoms with Gasteiger partial charge < -0.3 is 41.9 Å². The predicted molar refractivity (Wildman–Crippen MR) is 221 cm³/mol. The standard InChI is InChI=1S/C42H75N5O11/c1-2-3-30-43-35(48)23-20-31-44-36(49)29-27-34(42(57)58)47-39(52)24-21-32-45-37(50)28-26-33(41(55)56)46-38(51)22-18-16-14-12-10-8-6-4-5-7-9-11-13-15-17-19-25-40(53)54/h33-34H,2-32H2,1H3,(H,43,48)(H,44,49)(H,45,50)(H,46,51)(H,47,52)(H,53,54)(H,55,56)(H,57,58)/t33-,34-/m0/s1. The predicted octanol–water partition coefficient (Wildman–Crippen LogP) is 5.50. The fraction of sp³-hybridized carbons (Fsp3) is 0.810. The first-order valence-electron chi connectivity index (χ1n) is 21.9. The lowest BCUT2D eigenvalue weighted by atomic mass is 10.0. The zero-order valence-corrected chi connectivity index (χ0v) is 35.2. The fourth-order valence-corrected chi connectivity index (χ4v) is 6.26. The topological polar surface area (TPSA) is 257 Å². The molecule has 8 N–H and O–H groups in total. The quantitative estimate of drug-likeness (QED) is 0.0358. The Kier molecular flexibility index (Phi) is 34.3. The lowest BCUT2D eigenvalue weighted by Gasteiger charge is -2.15. The highest BCUT2D eigenvalue weighted by atomic mass is 16.4. The lowest BCUT2D eigenvalue weighted by Crippen LogP contribution is -2.42. The maximum Gasteiger partial charge on any atom is 0.326 e. The highest BCUT2D eigenvalue weighted by Crippen LogP contribution is 2.14. The SMILES string of the molecule is CCCCNC(=O)CCCNC(=O)CC[C@H](NC(=O)CCCNC(=O)CC[C@H](NC(=O)CCCCCCCCCCCCCCCCCCC(=O)O)C(=O)O)C(=O)O. The second-order valence-electron chi connectivity index (χ2n) is 15.2. The zero-order valence-electron chi connectivity index (χ0n) is 35.2. The van der Waals surface area contributed by atoms with Crippen molar-refractivity contribution in [3.05, 3.63) is 0 Å². The Balaban J connectivity index is 3.99. The van der Waals surface area contributed by atoms with Crippen molar-refractivity contribution < 1.29 is 53.7 Å². The maximum absolute atomic E-state index is 12.4. The van der Waals surface area contributed by atoms with Crippen LogP contribution in [0.3, 0.4) is 0 Å². The van der Waals surface area contributed by atoms with Crippen LogP contribution in [-0.4, -0.2) is 94.5 Å². The average molecular weight is 826 g/mol. The van der Waals surface area contributed by atoms with Gasteiger partial charge in [0.15, 0.2) is 0 Å². The molecule has 5 amide bonds. The van der Waals surface area contributed by atoms with Gasteiger partial charge in [-0.2, -0.15) is 0 Å². The molecule has 16 heteroatoms. The molecule has 0 spiro atoms. The maximum atomic E-state index is 12.4.